The number of nitrogens with zero attached hydrogens (tertiary/aromatic N) is 2. The lowest BCUT2D eigenvalue weighted by atomic mass is 9.91. The Morgan fingerprint density at radius 3 is 2.68 bits per heavy atom. The van der Waals surface area contributed by atoms with E-state index >= 15 is 0 Å². The highest BCUT2D eigenvalue weighted by Crippen LogP contribution is 2.23. The standard InChI is InChI=1S/C20H23FN2O2/c1-22-14-17(8-11-19(22)24)20(25)23-12-2-3-16(13-23)5-4-15-6-9-18(21)10-7-15/h6-11,14,16H,2-5,12-13H2,1H3/t16-/m1/s1. The summed E-state index contributed by atoms with van der Waals surface area (Å²) in [6.07, 6.45) is 5.59. The fourth-order valence-electron chi connectivity index (χ4n) is 3.41. The first-order valence-electron chi connectivity index (χ1n) is 8.73. The zero-order valence-corrected chi connectivity index (χ0v) is 14.5. The molecule has 4 nitrogen and oxygen atoms in total. The Hall–Kier alpha value is -2.43. The van der Waals surface area contributed by atoms with Crippen molar-refractivity contribution in [3.8, 4) is 0 Å². The molecule has 0 aliphatic carbocycles. The highest BCUT2D eigenvalue weighted by atomic mass is 19.1. The van der Waals surface area contributed by atoms with E-state index in [-0.39, 0.29) is 17.3 Å². The molecule has 1 fully saturated rings. The number of likely N-dealkylation sites (tertiary alicyclic amines) is 1. The fraction of sp³-hybridized carbons (Fsp3) is 0.400. The van der Waals surface area contributed by atoms with Crippen LogP contribution in [0.1, 0.15) is 35.2 Å². The molecule has 0 saturated carbocycles. The first kappa shape index (κ1) is 17.4. The van der Waals surface area contributed by atoms with Gasteiger partial charge in [-0.1, -0.05) is 12.1 Å². The molecule has 1 aliphatic heterocycles. The number of halogens is 1. The van der Waals surface area contributed by atoms with Crippen molar-refractivity contribution in [3.63, 3.8) is 0 Å². The third kappa shape index (κ3) is 4.35. The number of piperidine rings is 1. The Morgan fingerprint density at radius 1 is 1.20 bits per heavy atom. The average molecular weight is 342 g/mol. The van der Waals surface area contributed by atoms with Crippen LogP contribution < -0.4 is 5.56 Å². The van der Waals surface area contributed by atoms with Gasteiger partial charge in [0.25, 0.3) is 5.91 Å². The molecule has 1 aromatic heterocycles. The largest absolute Gasteiger partial charge is 0.338 e. The number of aromatic nitrogens is 1. The number of hydrogen-bond donors (Lipinski definition) is 0. The first-order valence-corrected chi connectivity index (χ1v) is 8.73. The topological polar surface area (TPSA) is 42.3 Å². The molecule has 0 N–H and O–H groups in total. The summed E-state index contributed by atoms with van der Waals surface area (Å²) in [7, 11) is 1.65. The first-order chi connectivity index (χ1) is 12.0. The number of amides is 1. The van der Waals surface area contributed by atoms with Crippen LogP contribution in [0.2, 0.25) is 0 Å². The number of pyridine rings is 1. The molecular formula is C20H23FN2O2. The monoisotopic (exact) mass is 342 g/mol. The molecule has 2 heterocycles. The Balaban J connectivity index is 1.60. The molecule has 1 aromatic carbocycles. The summed E-state index contributed by atoms with van der Waals surface area (Å²) in [6, 6.07) is 9.67. The number of hydrogen-bond acceptors (Lipinski definition) is 2. The van der Waals surface area contributed by atoms with E-state index in [0.717, 1.165) is 44.3 Å². The van der Waals surface area contributed by atoms with Gasteiger partial charge in [0.05, 0.1) is 5.56 Å². The Morgan fingerprint density at radius 2 is 1.96 bits per heavy atom. The van der Waals surface area contributed by atoms with E-state index in [9.17, 15) is 14.0 Å². The zero-order valence-electron chi connectivity index (χ0n) is 14.5. The van der Waals surface area contributed by atoms with Gasteiger partial charge in [-0.15, -0.1) is 0 Å². The van der Waals surface area contributed by atoms with Gasteiger partial charge in [0, 0.05) is 32.4 Å². The molecular weight excluding hydrogens is 319 g/mol. The van der Waals surface area contributed by atoms with E-state index in [1.165, 1.54) is 22.8 Å². The van der Waals surface area contributed by atoms with Gasteiger partial charge >= 0.3 is 0 Å². The fourth-order valence-corrected chi connectivity index (χ4v) is 3.41. The van der Waals surface area contributed by atoms with Crippen LogP contribution >= 0.6 is 0 Å². The molecule has 1 saturated heterocycles. The molecule has 5 heteroatoms. The number of benzene rings is 1. The highest BCUT2D eigenvalue weighted by Gasteiger charge is 2.24. The van der Waals surface area contributed by atoms with E-state index in [0.29, 0.717) is 11.5 Å². The molecule has 132 valence electrons. The van der Waals surface area contributed by atoms with Crippen molar-refractivity contribution in [1.82, 2.24) is 9.47 Å². The Kier molecular flexibility index (Phi) is 5.31. The van der Waals surface area contributed by atoms with Crippen LogP contribution in [0.15, 0.2) is 47.4 Å². The van der Waals surface area contributed by atoms with Gasteiger partial charge in [-0.25, -0.2) is 4.39 Å². The number of rotatable bonds is 4. The molecule has 3 rings (SSSR count). The molecule has 2 aromatic rings. The van der Waals surface area contributed by atoms with Gasteiger partial charge in [-0.3, -0.25) is 9.59 Å². The lowest BCUT2D eigenvalue weighted by Gasteiger charge is -2.33. The smallest absolute Gasteiger partial charge is 0.255 e. The maximum atomic E-state index is 13.0. The summed E-state index contributed by atoms with van der Waals surface area (Å²) in [5.74, 6) is 0.229. The SMILES string of the molecule is Cn1cc(C(=O)N2CCC[C@H](CCc3ccc(F)cc3)C2)ccc1=O. The van der Waals surface area contributed by atoms with E-state index in [1.807, 2.05) is 17.0 Å². The predicted octanol–water partition coefficient (Wildman–Crippen LogP) is 3.01. The Labute approximate surface area is 146 Å². The molecule has 0 spiro atoms. The van der Waals surface area contributed by atoms with Crippen molar-refractivity contribution in [2.45, 2.75) is 25.7 Å². The summed E-state index contributed by atoms with van der Waals surface area (Å²) >= 11 is 0. The van der Waals surface area contributed by atoms with Crippen molar-refractivity contribution in [2.24, 2.45) is 13.0 Å². The molecule has 0 radical (unpaired) electrons. The van der Waals surface area contributed by atoms with E-state index in [1.54, 1.807) is 19.3 Å². The quantitative estimate of drug-likeness (QED) is 0.857. The summed E-state index contributed by atoms with van der Waals surface area (Å²) in [6.45, 7) is 1.50. The van der Waals surface area contributed by atoms with Crippen LogP contribution in [0.4, 0.5) is 4.39 Å². The van der Waals surface area contributed by atoms with Crippen molar-refractivity contribution in [1.29, 1.82) is 0 Å². The molecule has 1 amide bonds. The van der Waals surface area contributed by atoms with Crippen molar-refractivity contribution < 1.29 is 9.18 Å². The summed E-state index contributed by atoms with van der Waals surface area (Å²) in [4.78, 5) is 26.1. The minimum absolute atomic E-state index is 0.0120. The zero-order chi connectivity index (χ0) is 17.8. The van der Waals surface area contributed by atoms with Crippen LogP contribution in [-0.4, -0.2) is 28.5 Å². The van der Waals surface area contributed by atoms with Crippen LogP contribution in [0.3, 0.4) is 0 Å². The van der Waals surface area contributed by atoms with Crippen LogP contribution in [0.25, 0.3) is 0 Å². The second-order valence-corrected chi connectivity index (χ2v) is 6.79. The molecule has 1 aliphatic rings. The Bertz CT molecular complexity index is 798. The third-order valence-electron chi connectivity index (χ3n) is 4.89. The molecule has 0 unspecified atom stereocenters. The van der Waals surface area contributed by atoms with Crippen LogP contribution in [-0.2, 0) is 13.5 Å². The van der Waals surface area contributed by atoms with Gasteiger partial charge < -0.3 is 9.47 Å². The minimum atomic E-state index is -0.213. The lowest BCUT2D eigenvalue weighted by Crippen LogP contribution is -2.40. The maximum absolute atomic E-state index is 13.0. The van der Waals surface area contributed by atoms with Crippen molar-refractivity contribution >= 4 is 5.91 Å². The van der Waals surface area contributed by atoms with E-state index < -0.39 is 0 Å². The number of aryl methyl sites for hydroxylation is 2. The summed E-state index contributed by atoms with van der Waals surface area (Å²) in [5.41, 5.74) is 1.57. The van der Waals surface area contributed by atoms with Crippen molar-refractivity contribution in [3.05, 3.63) is 69.9 Å². The molecule has 1 atom stereocenters. The predicted molar refractivity (Wildman–Crippen MR) is 95.0 cm³/mol. The van der Waals surface area contributed by atoms with Gasteiger partial charge in [-0.2, -0.15) is 0 Å². The lowest BCUT2D eigenvalue weighted by molar-refractivity contribution is 0.0667. The molecule has 0 bridgehead atoms. The van der Waals surface area contributed by atoms with Gasteiger partial charge in [-0.05, 0) is 55.4 Å². The van der Waals surface area contributed by atoms with E-state index in [2.05, 4.69) is 0 Å². The minimum Gasteiger partial charge on any atom is -0.338 e. The average Bonchev–Trinajstić information content (AvgIpc) is 2.63. The van der Waals surface area contributed by atoms with Crippen molar-refractivity contribution in [2.75, 3.05) is 13.1 Å². The van der Waals surface area contributed by atoms with Crippen LogP contribution in [0.5, 0.6) is 0 Å². The van der Waals surface area contributed by atoms with Gasteiger partial charge in [0.15, 0.2) is 0 Å². The molecule has 25 heavy (non-hydrogen) atoms. The second-order valence-electron chi connectivity index (χ2n) is 6.79. The second kappa shape index (κ2) is 7.64. The maximum Gasteiger partial charge on any atom is 0.255 e. The van der Waals surface area contributed by atoms with Crippen LogP contribution in [0, 0.1) is 11.7 Å². The third-order valence-corrected chi connectivity index (χ3v) is 4.89. The number of carbonyl (C=O) groups is 1. The highest BCUT2D eigenvalue weighted by molar-refractivity contribution is 5.94. The van der Waals surface area contributed by atoms with Gasteiger partial charge in [0.2, 0.25) is 5.56 Å². The van der Waals surface area contributed by atoms with E-state index in [4.69, 9.17) is 0 Å². The summed E-state index contributed by atoms with van der Waals surface area (Å²) in [5, 5.41) is 0. The normalized spacial score (nSPS) is 17.5. The van der Waals surface area contributed by atoms with Gasteiger partial charge in [0.1, 0.15) is 5.82 Å². The summed E-state index contributed by atoms with van der Waals surface area (Å²) < 4.78 is 14.4. The number of carbonyl (C=O) groups excluding carboxylic acids is 1.